The topological polar surface area (TPSA) is 107 Å². The van der Waals surface area contributed by atoms with Gasteiger partial charge in [-0.1, -0.05) is 5.10 Å². The highest BCUT2D eigenvalue weighted by Gasteiger charge is 2.15. The molecule has 1 rings (SSSR count). The number of nitrogens with one attached hydrogen (secondary N) is 2. The van der Waals surface area contributed by atoms with Gasteiger partial charge in [0.25, 0.3) is 5.95 Å². The number of tetrazole rings is 1. The molecule has 0 bridgehead atoms. The lowest BCUT2D eigenvalue weighted by molar-refractivity contribution is -0.119. The number of H-pyrrole nitrogens is 1. The summed E-state index contributed by atoms with van der Waals surface area (Å²) in [6, 6.07) is 0. The zero-order valence-electron chi connectivity index (χ0n) is 5.24. The molecule has 10 heavy (non-hydrogen) atoms. The summed E-state index contributed by atoms with van der Waals surface area (Å²) in [4.78, 5) is 0. The number of hydrogen-bond acceptors (Lipinski definition) is 6. The number of aliphatic hydroxyl groups is 2. The quantitative estimate of drug-likeness (QED) is 0.368. The lowest BCUT2D eigenvalue weighted by atomic mass is 10.6. The highest BCUT2D eigenvalue weighted by molar-refractivity contribution is 5.20. The lowest BCUT2D eigenvalue weighted by Gasteiger charge is -2.14. The summed E-state index contributed by atoms with van der Waals surface area (Å²) < 4.78 is 0. The van der Waals surface area contributed by atoms with E-state index in [0.717, 1.165) is 6.92 Å². The number of aromatic nitrogens is 4. The Hall–Kier alpha value is -1.21. The fourth-order valence-corrected chi connectivity index (χ4v) is 0.427. The summed E-state index contributed by atoms with van der Waals surface area (Å²) in [7, 11) is 0. The van der Waals surface area contributed by atoms with Crippen LogP contribution in [-0.4, -0.2) is 36.7 Å². The van der Waals surface area contributed by atoms with Crippen molar-refractivity contribution in [2.24, 2.45) is 0 Å². The van der Waals surface area contributed by atoms with E-state index in [9.17, 15) is 0 Å². The average Bonchev–Trinajstić information content (AvgIpc) is 2.12. The van der Waals surface area contributed by atoms with Gasteiger partial charge in [0.15, 0.2) is 0 Å². The van der Waals surface area contributed by atoms with Gasteiger partial charge >= 0.3 is 0 Å². The summed E-state index contributed by atoms with van der Waals surface area (Å²) in [6.07, 6.45) is 0. The fraction of sp³-hybridized carbons (Fsp3) is 0.667. The van der Waals surface area contributed by atoms with Gasteiger partial charge in [0.1, 0.15) is 0 Å². The Balaban J connectivity index is 2.57. The van der Waals surface area contributed by atoms with Crippen molar-refractivity contribution in [3.05, 3.63) is 0 Å². The van der Waals surface area contributed by atoms with Crippen LogP contribution in [0.1, 0.15) is 6.92 Å². The van der Waals surface area contributed by atoms with Gasteiger partial charge in [-0.3, -0.25) is 0 Å². The molecule has 7 heteroatoms. The van der Waals surface area contributed by atoms with Crippen LogP contribution in [0.25, 0.3) is 0 Å². The molecule has 0 unspecified atom stereocenters. The zero-order chi connectivity index (χ0) is 7.61. The Kier molecular flexibility index (Phi) is 1.52. The van der Waals surface area contributed by atoms with Crippen molar-refractivity contribution in [2.45, 2.75) is 12.8 Å². The van der Waals surface area contributed by atoms with Crippen molar-refractivity contribution in [1.29, 1.82) is 0 Å². The van der Waals surface area contributed by atoms with Crippen molar-refractivity contribution in [2.75, 3.05) is 5.32 Å². The zero-order valence-corrected chi connectivity index (χ0v) is 5.24. The fourth-order valence-electron chi connectivity index (χ4n) is 0.427. The first-order valence-corrected chi connectivity index (χ1v) is 2.54. The number of aromatic amines is 1. The molecule has 0 amide bonds. The van der Waals surface area contributed by atoms with Crippen LogP contribution in [0.15, 0.2) is 0 Å². The maximum atomic E-state index is 8.71. The molecule has 4 N–H and O–H groups in total. The van der Waals surface area contributed by atoms with E-state index in [1.807, 2.05) is 0 Å². The predicted octanol–water partition coefficient (Wildman–Crippen LogP) is -1.73. The number of anilines is 1. The minimum atomic E-state index is -2.01. The van der Waals surface area contributed by atoms with Crippen LogP contribution >= 0.6 is 0 Å². The average molecular weight is 145 g/mol. The summed E-state index contributed by atoms with van der Waals surface area (Å²) in [5, 5.41) is 31.7. The van der Waals surface area contributed by atoms with Crippen molar-refractivity contribution in [1.82, 2.24) is 20.6 Å². The van der Waals surface area contributed by atoms with E-state index in [0.29, 0.717) is 0 Å². The van der Waals surface area contributed by atoms with Gasteiger partial charge in [0.2, 0.25) is 5.91 Å². The molecular formula is C3H7N5O2. The standard InChI is InChI=1S/C3H7N5O2/c1-3(9,10)4-2-5-7-8-6-2/h9-10H,1H3,(H2,4,5,6,7,8). The molecule has 1 aromatic rings. The molecule has 0 saturated heterocycles. The molecule has 0 saturated carbocycles. The van der Waals surface area contributed by atoms with Crippen LogP contribution in [0, 0.1) is 0 Å². The normalized spacial score (nSPS) is 11.5. The Morgan fingerprint density at radius 2 is 2.30 bits per heavy atom. The lowest BCUT2D eigenvalue weighted by Crippen LogP contribution is -2.34. The smallest absolute Gasteiger partial charge is 0.267 e. The molecule has 1 heterocycles. The maximum absolute atomic E-state index is 8.71. The summed E-state index contributed by atoms with van der Waals surface area (Å²) in [6.45, 7) is 1.14. The van der Waals surface area contributed by atoms with Crippen molar-refractivity contribution >= 4 is 5.95 Å². The third-order valence-corrected chi connectivity index (χ3v) is 0.694. The van der Waals surface area contributed by atoms with Gasteiger partial charge in [-0.2, -0.15) is 5.21 Å². The molecule has 0 aromatic carbocycles. The molecule has 0 spiro atoms. The minimum Gasteiger partial charge on any atom is -0.349 e. The minimum absolute atomic E-state index is 0.0347. The van der Waals surface area contributed by atoms with Crippen LogP contribution in [-0.2, 0) is 0 Å². The molecule has 0 atom stereocenters. The third-order valence-electron chi connectivity index (χ3n) is 0.694. The molecule has 7 nitrogen and oxygen atoms in total. The van der Waals surface area contributed by atoms with E-state index in [1.165, 1.54) is 0 Å². The Labute approximate surface area is 56.1 Å². The van der Waals surface area contributed by atoms with Gasteiger partial charge in [0, 0.05) is 6.92 Å². The molecular weight excluding hydrogens is 138 g/mol. The second-order valence-electron chi connectivity index (χ2n) is 1.88. The van der Waals surface area contributed by atoms with Crippen LogP contribution in [0.3, 0.4) is 0 Å². The highest BCUT2D eigenvalue weighted by Crippen LogP contribution is 2.00. The molecule has 0 aliphatic rings. The first-order chi connectivity index (χ1) is 4.58. The monoisotopic (exact) mass is 145 g/mol. The van der Waals surface area contributed by atoms with E-state index in [1.54, 1.807) is 0 Å². The van der Waals surface area contributed by atoms with E-state index in [2.05, 4.69) is 25.9 Å². The van der Waals surface area contributed by atoms with E-state index < -0.39 is 5.91 Å². The summed E-state index contributed by atoms with van der Waals surface area (Å²) in [5.74, 6) is -1.98. The van der Waals surface area contributed by atoms with Gasteiger partial charge in [0.05, 0.1) is 0 Å². The number of rotatable bonds is 2. The van der Waals surface area contributed by atoms with E-state index >= 15 is 0 Å². The second kappa shape index (κ2) is 2.20. The van der Waals surface area contributed by atoms with Crippen LogP contribution in [0.4, 0.5) is 5.95 Å². The SMILES string of the molecule is CC(O)(O)Nc1nn[nH]n1. The van der Waals surface area contributed by atoms with Gasteiger partial charge in [-0.15, -0.1) is 5.10 Å². The van der Waals surface area contributed by atoms with Crippen LogP contribution in [0.5, 0.6) is 0 Å². The van der Waals surface area contributed by atoms with E-state index in [4.69, 9.17) is 10.2 Å². The molecule has 0 aliphatic carbocycles. The summed E-state index contributed by atoms with van der Waals surface area (Å²) >= 11 is 0. The van der Waals surface area contributed by atoms with Crippen molar-refractivity contribution in [3.63, 3.8) is 0 Å². The first-order valence-electron chi connectivity index (χ1n) is 2.54. The largest absolute Gasteiger partial charge is 0.349 e. The Morgan fingerprint density at radius 1 is 1.60 bits per heavy atom. The first kappa shape index (κ1) is 6.90. The van der Waals surface area contributed by atoms with Crippen molar-refractivity contribution < 1.29 is 10.2 Å². The number of nitrogens with zero attached hydrogens (tertiary/aromatic N) is 3. The molecule has 0 fully saturated rings. The van der Waals surface area contributed by atoms with Crippen LogP contribution in [0.2, 0.25) is 0 Å². The molecule has 1 aromatic heterocycles. The molecule has 0 aliphatic heterocycles. The predicted molar refractivity (Wildman–Crippen MR) is 30.6 cm³/mol. The van der Waals surface area contributed by atoms with Gasteiger partial charge in [-0.05, 0) is 5.21 Å². The molecule has 56 valence electrons. The van der Waals surface area contributed by atoms with E-state index in [-0.39, 0.29) is 5.95 Å². The van der Waals surface area contributed by atoms with Crippen LogP contribution < -0.4 is 5.32 Å². The van der Waals surface area contributed by atoms with Crippen molar-refractivity contribution in [3.8, 4) is 0 Å². The second-order valence-corrected chi connectivity index (χ2v) is 1.88. The Morgan fingerprint density at radius 3 is 2.70 bits per heavy atom. The maximum Gasteiger partial charge on any atom is 0.267 e. The highest BCUT2D eigenvalue weighted by atomic mass is 16.5. The summed E-state index contributed by atoms with van der Waals surface area (Å²) in [5.41, 5.74) is 0. The molecule has 0 radical (unpaired) electrons. The van der Waals surface area contributed by atoms with Gasteiger partial charge < -0.3 is 15.5 Å². The third kappa shape index (κ3) is 1.96. The number of hydrogen-bond donors (Lipinski definition) is 4. The Bertz CT molecular complexity index is 189. The van der Waals surface area contributed by atoms with Gasteiger partial charge in [-0.25, -0.2) is 0 Å².